The molecule has 4 nitrogen and oxygen atoms in total. The van der Waals surface area contributed by atoms with Gasteiger partial charge in [0.1, 0.15) is 6.61 Å². The van der Waals surface area contributed by atoms with Crippen LogP contribution >= 0.6 is 0 Å². The second kappa shape index (κ2) is 4.59. The van der Waals surface area contributed by atoms with Crippen molar-refractivity contribution in [3.8, 4) is 0 Å². The molecular weight excluding hydrogens is 170 g/mol. The molecule has 0 amide bonds. The molecule has 70 valence electrons. The van der Waals surface area contributed by atoms with Crippen molar-refractivity contribution in [2.75, 3.05) is 7.11 Å². The van der Waals surface area contributed by atoms with Crippen LogP contribution in [-0.2, 0) is 16.2 Å². The summed E-state index contributed by atoms with van der Waals surface area (Å²) in [6.45, 7) is 0.446. The highest BCUT2D eigenvalue weighted by Crippen LogP contribution is 2.05. The Labute approximate surface area is 76.2 Å². The lowest BCUT2D eigenvalue weighted by Gasteiger charge is -2.00. The van der Waals surface area contributed by atoms with Crippen LogP contribution < -0.4 is 5.90 Å². The maximum Gasteiger partial charge on any atom is 0.337 e. The number of hydrogen-bond acceptors (Lipinski definition) is 3. The predicted octanol–water partition coefficient (Wildman–Crippen LogP) is 0.147. The standard InChI is InChI=1S/C9H12NO3/c1-12-9(11)8-4-2-7(3-5-8)6-13-10/h2-5H,6H2,1,10H3/q+1. The van der Waals surface area contributed by atoms with Crippen LogP contribution in [0.3, 0.4) is 0 Å². The average molecular weight is 182 g/mol. The van der Waals surface area contributed by atoms with Crippen molar-refractivity contribution in [2.45, 2.75) is 6.61 Å². The minimum absolute atomic E-state index is 0.331. The number of ether oxygens (including phenoxy) is 1. The molecule has 0 saturated carbocycles. The SMILES string of the molecule is COC(=O)c1ccc(CO[NH3+])cc1. The van der Waals surface area contributed by atoms with Crippen LogP contribution in [0.1, 0.15) is 15.9 Å². The van der Waals surface area contributed by atoms with E-state index in [0.29, 0.717) is 12.2 Å². The van der Waals surface area contributed by atoms with E-state index in [1.807, 2.05) is 0 Å². The van der Waals surface area contributed by atoms with Crippen LogP contribution in [0.4, 0.5) is 0 Å². The first kappa shape index (κ1) is 9.70. The van der Waals surface area contributed by atoms with Gasteiger partial charge in [-0.25, -0.2) is 15.5 Å². The summed E-state index contributed by atoms with van der Waals surface area (Å²) >= 11 is 0. The Kier molecular flexibility index (Phi) is 3.42. The Hall–Kier alpha value is -1.39. The van der Waals surface area contributed by atoms with Gasteiger partial charge in [0.05, 0.1) is 12.7 Å². The molecule has 4 heteroatoms. The number of hydrogen-bond donors (Lipinski definition) is 1. The third-order valence-electron chi connectivity index (χ3n) is 1.64. The number of carbonyl (C=O) groups excluding carboxylic acids is 1. The molecule has 1 aromatic carbocycles. The van der Waals surface area contributed by atoms with E-state index in [-0.39, 0.29) is 5.97 Å². The van der Waals surface area contributed by atoms with Gasteiger partial charge in [0.25, 0.3) is 0 Å². The normalized spacial score (nSPS) is 9.69. The number of carbonyl (C=O) groups is 1. The van der Waals surface area contributed by atoms with Crippen LogP contribution in [0.15, 0.2) is 24.3 Å². The molecule has 3 N–H and O–H groups in total. The van der Waals surface area contributed by atoms with Crippen LogP contribution in [0.2, 0.25) is 0 Å². The van der Waals surface area contributed by atoms with Crippen molar-refractivity contribution in [3.63, 3.8) is 0 Å². The van der Waals surface area contributed by atoms with Crippen molar-refractivity contribution in [3.05, 3.63) is 35.4 Å². The average Bonchev–Trinajstić information content (AvgIpc) is 2.18. The molecular formula is C9H12NO3+. The first-order valence-electron chi connectivity index (χ1n) is 3.82. The highest BCUT2D eigenvalue weighted by molar-refractivity contribution is 5.89. The molecule has 0 atom stereocenters. The first-order valence-corrected chi connectivity index (χ1v) is 3.82. The van der Waals surface area contributed by atoms with E-state index in [1.54, 1.807) is 24.3 Å². The van der Waals surface area contributed by atoms with E-state index in [0.717, 1.165) is 5.56 Å². The Morgan fingerprint density at radius 1 is 1.38 bits per heavy atom. The zero-order valence-electron chi connectivity index (χ0n) is 7.45. The van der Waals surface area contributed by atoms with Crippen molar-refractivity contribution >= 4 is 5.97 Å². The lowest BCUT2D eigenvalue weighted by molar-refractivity contribution is -0.695. The molecule has 0 unspecified atom stereocenters. The second-order valence-electron chi connectivity index (χ2n) is 2.54. The minimum Gasteiger partial charge on any atom is -0.465 e. The summed E-state index contributed by atoms with van der Waals surface area (Å²) in [6, 6.07) is 7.00. The molecule has 0 aliphatic heterocycles. The smallest absolute Gasteiger partial charge is 0.337 e. The molecule has 1 rings (SSSR count). The van der Waals surface area contributed by atoms with E-state index in [9.17, 15) is 4.79 Å². The number of esters is 1. The Morgan fingerprint density at radius 2 is 2.00 bits per heavy atom. The van der Waals surface area contributed by atoms with E-state index in [2.05, 4.69) is 15.5 Å². The van der Waals surface area contributed by atoms with Crippen LogP contribution in [-0.4, -0.2) is 13.1 Å². The quantitative estimate of drug-likeness (QED) is 0.534. The summed E-state index contributed by atoms with van der Waals surface area (Å²) in [4.78, 5) is 15.7. The zero-order chi connectivity index (χ0) is 9.68. The molecule has 0 spiro atoms. The van der Waals surface area contributed by atoms with Crippen LogP contribution in [0.25, 0.3) is 0 Å². The van der Waals surface area contributed by atoms with Gasteiger partial charge in [0, 0.05) is 0 Å². The molecule has 0 radical (unpaired) electrons. The van der Waals surface area contributed by atoms with Crippen LogP contribution in [0.5, 0.6) is 0 Å². The lowest BCUT2D eigenvalue weighted by atomic mass is 10.1. The molecule has 0 aliphatic carbocycles. The van der Waals surface area contributed by atoms with Gasteiger partial charge in [-0.15, -0.1) is 0 Å². The fourth-order valence-electron chi connectivity index (χ4n) is 0.973. The van der Waals surface area contributed by atoms with E-state index in [4.69, 9.17) is 0 Å². The van der Waals surface area contributed by atoms with Crippen LogP contribution in [0, 0.1) is 0 Å². The molecule has 0 bridgehead atoms. The van der Waals surface area contributed by atoms with Crippen molar-refractivity contribution in [1.82, 2.24) is 0 Å². The van der Waals surface area contributed by atoms with Crippen molar-refractivity contribution < 1.29 is 20.3 Å². The summed E-state index contributed by atoms with van der Waals surface area (Å²) in [5.41, 5.74) is 1.51. The molecule has 0 saturated heterocycles. The molecule has 1 aromatic rings. The van der Waals surface area contributed by atoms with Gasteiger partial charge in [-0.2, -0.15) is 0 Å². The number of rotatable bonds is 3. The zero-order valence-corrected chi connectivity index (χ0v) is 7.45. The van der Waals surface area contributed by atoms with Gasteiger partial charge in [-0.3, -0.25) is 0 Å². The van der Waals surface area contributed by atoms with E-state index < -0.39 is 0 Å². The minimum atomic E-state index is -0.331. The summed E-state index contributed by atoms with van der Waals surface area (Å²) in [5, 5.41) is 0. The summed E-state index contributed by atoms with van der Waals surface area (Å²) in [5.74, 6) is 2.93. The van der Waals surface area contributed by atoms with Gasteiger partial charge in [-0.1, -0.05) is 12.1 Å². The highest BCUT2D eigenvalue weighted by atomic mass is 16.6. The maximum absolute atomic E-state index is 11.0. The molecule has 0 fully saturated rings. The largest absolute Gasteiger partial charge is 0.465 e. The Bertz CT molecular complexity index is 281. The topological polar surface area (TPSA) is 63.2 Å². The van der Waals surface area contributed by atoms with E-state index in [1.165, 1.54) is 7.11 Å². The van der Waals surface area contributed by atoms with Gasteiger partial charge >= 0.3 is 5.97 Å². The molecule has 0 aromatic heterocycles. The summed E-state index contributed by atoms with van der Waals surface area (Å²) < 4.78 is 4.55. The molecule has 13 heavy (non-hydrogen) atoms. The fourth-order valence-corrected chi connectivity index (χ4v) is 0.973. The molecule has 0 heterocycles. The summed E-state index contributed by atoms with van der Waals surface area (Å²) in [7, 11) is 1.36. The second-order valence-corrected chi connectivity index (χ2v) is 2.54. The third-order valence-corrected chi connectivity index (χ3v) is 1.64. The van der Waals surface area contributed by atoms with Gasteiger partial charge in [-0.05, 0) is 17.7 Å². The van der Waals surface area contributed by atoms with Crippen molar-refractivity contribution in [1.29, 1.82) is 0 Å². The predicted molar refractivity (Wildman–Crippen MR) is 45.5 cm³/mol. The molecule has 0 aliphatic rings. The van der Waals surface area contributed by atoms with Gasteiger partial charge in [0.2, 0.25) is 0 Å². The number of benzene rings is 1. The monoisotopic (exact) mass is 182 g/mol. The summed E-state index contributed by atoms with van der Waals surface area (Å²) in [6.07, 6.45) is 0. The fraction of sp³-hybridized carbons (Fsp3) is 0.222. The third kappa shape index (κ3) is 2.54. The Balaban J connectivity index is 2.75. The number of quaternary nitrogens is 1. The van der Waals surface area contributed by atoms with E-state index >= 15 is 0 Å². The van der Waals surface area contributed by atoms with Crippen molar-refractivity contribution in [2.24, 2.45) is 0 Å². The highest BCUT2D eigenvalue weighted by Gasteiger charge is 2.03. The van der Waals surface area contributed by atoms with Gasteiger partial charge in [0.15, 0.2) is 0 Å². The number of methoxy groups -OCH3 is 1. The maximum atomic E-state index is 11.0. The lowest BCUT2D eigenvalue weighted by Crippen LogP contribution is -2.48. The first-order chi connectivity index (χ1) is 6.27. The van der Waals surface area contributed by atoms with Gasteiger partial charge < -0.3 is 4.74 Å². The Morgan fingerprint density at radius 3 is 2.46 bits per heavy atom.